The van der Waals surface area contributed by atoms with E-state index in [1.165, 1.54) is 0 Å². The van der Waals surface area contributed by atoms with E-state index in [4.69, 9.17) is 14.0 Å². The largest absolute Gasteiger partial charge is 0.487 e. The quantitative estimate of drug-likeness (QED) is 0.727. The molecule has 2 rings (SSSR count). The summed E-state index contributed by atoms with van der Waals surface area (Å²) in [6.45, 7) is 2.55. The Hall–Kier alpha value is -2.14. The molecule has 0 aliphatic carbocycles. The van der Waals surface area contributed by atoms with Crippen molar-refractivity contribution in [2.75, 3.05) is 7.11 Å². The SMILES string of the molecule is CCC(=O)c1ccc(OCc2cc(COC)on2)cc1. The van der Waals surface area contributed by atoms with Gasteiger partial charge >= 0.3 is 0 Å². The van der Waals surface area contributed by atoms with Crippen molar-refractivity contribution in [2.24, 2.45) is 0 Å². The fourth-order valence-electron chi connectivity index (χ4n) is 1.73. The van der Waals surface area contributed by atoms with Gasteiger partial charge in [-0.05, 0) is 24.3 Å². The molecular weight excluding hydrogens is 258 g/mol. The Labute approximate surface area is 117 Å². The lowest BCUT2D eigenvalue weighted by Gasteiger charge is -2.04. The Morgan fingerprint density at radius 3 is 2.65 bits per heavy atom. The van der Waals surface area contributed by atoms with Crippen LogP contribution in [0.5, 0.6) is 5.75 Å². The van der Waals surface area contributed by atoms with Gasteiger partial charge in [-0.25, -0.2) is 0 Å². The number of ether oxygens (including phenoxy) is 2. The first kappa shape index (κ1) is 14.3. The van der Waals surface area contributed by atoms with Gasteiger partial charge in [0.15, 0.2) is 11.5 Å². The van der Waals surface area contributed by atoms with E-state index in [1.807, 2.05) is 6.92 Å². The van der Waals surface area contributed by atoms with Crippen LogP contribution < -0.4 is 4.74 Å². The van der Waals surface area contributed by atoms with Crippen LogP contribution in [0, 0.1) is 0 Å². The smallest absolute Gasteiger partial charge is 0.162 e. The molecule has 0 unspecified atom stereocenters. The molecule has 0 aliphatic rings. The molecule has 5 nitrogen and oxygen atoms in total. The molecule has 0 spiro atoms. The van der Waals surface area contributed by atoms with Gasteiger partial charge in [0, 0.05) is 25.2 Å². The number of rotatable bonds is 7. The van der Waals surface area contributed by atoms with E-state index in [0.717, 1.165) is 0 Å². The minimum absolute atomic E-state index is 0.122. The lowest BCUT2D eigenvalue weighted by atomic mass is 10.1. The summed E-state index contributed by atoms with van der Waals surface area (Å²) in [6.07, 6.45) is 0.501. The fourth-order valence-corrected chi connectivity index (χ4v) is 1.73. The highest BCUT2D eigenvalue weighted by atomic mass is 16.5. The predicted octanol–water partition coefficient (Wildman–Crippen LogP) is 2.99. The van der Waals surface area contributed by atoms with Crippen LogP contribution in [-0.4, -0.2) is 18.0 Å². The minimum atomic E-state index is 0.122. The molecule has 2 aromatic rings. The van der Waals surface area contributed by atoms with Gasteiger partial charge in [0.25, 0.3) is 0 Å². The summed E-state index contributed by atoms with van der Waals surface area (Å²) in [4.78, 5) is 11.5. The number of nitrogens with zero attached hydrogens (tertiary/aromatic N) is 1. The molecule has 0 fully saturated rings. The molecule has 20 heavy (non-hydrogen) atoms. The van der Waals surface area contributed by atoms with Crippen molar-refractivity contribution in [1.29, 1.82) is 0 Å². The number of Topliss-reactive ketones (excluding diaryl/α,β-unsaturated/α-hetero) is 1. The van der Waals surface area contributed by atoms with E-state index < -0.39 is 0 Å². The molecule has 0 amide bonds. The maximum absolute atomic E-state index is 11.5. The third-order valence-electron chi connectivity index (χ3n) is 2.78. The molecule has 0 aliphatic heterocycles. The van der Waals surface area contributed by atoms with Crippen molar-refractivity contribution < 1.29 is 18.8 Å². The number of benzene rings is 1. The van der Waals surface area contributed by atoms with Gasteiger partial charge in [-0.1, -0.05) is 12.1 Å². The predicted molar refractivity (Wildman–Crippen MR) is 72.6 cm³/mol. The Bertz CT molecular complexity index is 560. The maximum Gasteiger partial charge on any atom is 0.162 e. The van der Waals surface area contributed by atoms with Gasteiger partial charge in [-0.2, -0.15) is 0 Å². The van der Waals surface area contributed by atoms with Gasteiger partial charge in [0.1, 0.15) is 24.7 Å². The highest BCUT2D eigenvalue weighted by Crippen LogP contribution is 2.15. The monoisotopic (exact) mass is 275 g/mol. The van der Waals surface area contributed by atoms with Crippen LogP contribution in [0.2, 0.25) is 0 Å². The first-order chi connectivity index (χ1) is 9.72. The van der Waals surface area contributed by atoms with Gasteiger partial charge < -0.3 is 14.0 Å². The minimum Gasteiger partial charge on any atom is -0.487 e. The van der Waals surface area contributed by atoms with Crippen molar-refractivity contribution in [1.82, 2.24) is 5.16 Å². The van der Waals surface area contributed by atoms with E-state index >= 15 is 0 Å². The van der Waals surface area contributed by atoms with Crippen molar-refractivity contribution >= 4 is 5.78 Å². The standard InChI is InChI=1S/C15H17NO4/c1-3-15(17)11-4-6-13(7-5-11)19-9-12-8-14(10-18-2)20-16-12/h4-8H,3,9-10H2,1-2H3. The molecule has 0 bridgehead atoms. The Morgan fingerprint density at radius 1 is 1.25 bits per heavy atom. The summed E-state index contributed by atoms with van der Waals surface area (Å²) >= 11 is 0. The van der Waals surface area contributed by atoms with Gasteiger partial charge in [0.2, 0.25) is 0 Å². The molecule has 0 saturated heterocycles. The van der Waals surface area contributed by atoms with E-state index in [2.05, 4.69) is 5.16 Å². The van der Waals surface area contributed by atoms with Crippen LogP contribution in [0.25, 0.3) is 0 Å². The maximum atomic E-state index is 11.5. The number of aromatic nitrogens is 1. The second-order valence-corrected chi connectivity index (χ2v) is 4.31. The average molecular weight is 275 g/mol. The van der Waals surface area contributed by atoms with Gasteiger partial charge in [-0.3, -0.25) is 4.79 Å². The zero-order valence-electron chi connectivity index (χ0n) is 11.6. The molecule has 0 saturated carbocycles. The van der Waals surface area contributed by atoms with E-state index in [1.54, 1.807) is 37.4 Å². The first-order valence-corrected chi connectivity index (χ1v) is 6.42. The molecule has 1 aromatic heterocycles. The topological polar surface area (TPSA) is 61.6 Å². The lowest BCUT2D eigenvalue weighted by molar-refractivity contribution is 0.0988. The average Bonchev–Trinajstić information content (AvgIpc) is 2.93. The van der Waals surface area contributed by atoms with Crippen molar-refractivity contribution in [2.45, 2.75) is 26.6 Å². The molecule has 0 radical (unpaired) electrons. The zero-order valence-corrected chi connectivity index (χ0v) is 11.6. The van der Waals surface area contributed by atoms with E-state index in [-0.39, 0.29) is 5.78 Å². The third-order valence-corrected chi connectivity index (χ3v) is 2.78. The molecule has 1 heterocycles. The van der Waals surface area contributed by atoms with Crippen LogP contribution in [0.3, 0.4) is 0 Å². The van der Waals surface area contributed by atoms with Crippen LogP contribution in [0.4, 0.5) is 0 Å². The second-order valence-electron chi connectivity index (χ2n) is 4.31. The molecule has 1 aromatic carbocycles. The Balaban J connectivity index is 1.91. The normalized spacial score (nSPS) is 10.5. The fraction of sp³-hybridized carbons (Fsp3) is 0.333. The van der Waals surface area contributed by atoms with Crippen LogP contribution in [0.1, 0.15) is 35.2 Å². The number of carbonyl (C=O) groups is 1. The number of hydrogen-bond acceptors (Lipinski definition) is 5. The highest BCUT2D eigenvalue weighted by Gasteiger charge is 2.06. The number of methoxy groups -OCH3 is 1. The highest BCUT2D eigenvalue weighted by molar-refractivity contribution is 5.95. The molecule has 106 valence electrons. The summed E-state index contributed by atoms with van der Waals surface area (Å²) in [5, 5.41) is 3.87. The first-order valence-electron chi connectivity index (χ1n) is 6.42. The molecule has 0 N–H and O–H groups in total. The summed E-state index contributed by atoms with van der Waals surface area (Å²) in [7, 11) is 1.60. The lowest BCUT2D eigenvalue weighted by Crippen LogP contribution is -1.98. The molecule has 0 atom stereocenters. The summed E-state index contributed by atoms with van der Waals surface area (Å²) in [5.41, 5.74) is 1.40. The van der Waals surface area contributed by atoms with Crippen molar-refractivity contribution in [3.05, 3.63) is 47.3 Å². The third kappa shape index (κ3) is 3.68. The van der Waals surface area contributed by atoms with Crippen molar-refractivity contribution in [3.63, 3.8) is 0 Å². The molecule has 5 heteroatoms. The zero-order chi connectivity index (χ0) is 14.4. The second kappa shape index (κ2) is 6.86. The number of hydrogen-bond donors (Lipinski definition) is 0. The summed E-state index contributed by atoms with van der Waals surface area (Å²) in [6, 6.07) is 8.87. The van der Waals surface area contributed by atoms with Crippen LogP contribution >= 0.6 is 0 Å². The van der Waals surface area contributed by atoms with Crippen molar-refractivity contribution in [3.8, 4) is 5.75 Å². The summed E-state index contributed by atoms with van der Waals surface area (Å²) in [5.74, 6) is 1.47. The molecular formula is C15H17NO4. The Kier molecular flexibility index (Phi) is 4.90. The van der Waals surface area contributed by atoms with E-state index in [0.29, 0.717) is 42.4 Å². The number of carbonyl (C=O) groups excluding carboxylic acids is 1. The van der Waals surface area contributed by atoms with E-state index in [9.17, 15) is 4.79 Å². The van der Waals surface area contributed by atoms with Crippen LogP contribution in [-0.2, 0) is 18.0 Å². The van der Waals surface area contributed by atoms with Crippen LogP contribution in [0.15, 0.2) is 34.9 Å². The number of ketones is 1. The summed E-state index contributed by atoms with van der Waals surface area (Å²) < 4.78 is 15.6. The van der Waals surface area contributed by atoms with Gasteiger partial charge in [-0.15, -0.1) is 0 Å². The Morgan fingerprint density at radius 2 is 2.00 bits per heavy atom. The van der Waals surface area contributed by atoms with Gasteiger partial charge in [0.05, 0.1) is 0 Å².